The highest BCUT2D eigenvalue weighted by Gasteiger charge is 2.38. The highest BCUT2D eigenvalue weighted by Crippen LogP contribution is 2.47. The number of nitrogens with zero attached hydrogens (tertiary/aromatic N) is 2. The molecule has 0 spiro atoms. The molecule has 1 aromatic carbocycles. The lowest BCUT2D eigenvalue weighted by molar-refractivity contribution is 0.0697. The van der Waals surface area contributed by atoms with Crippen LogP contribution in [-0.2, 0) is 0 Å². The van der Waals surface area contributed by atoms with E-state index in [1.54, 1.807) is 12.1 Å². The average molecular weight is 244 g/mol. The SMILES string of the molecule is CCCC1CC1n1cnc2cc(C(=O)O)ccc21. The number of rotatable bonds is 4. The molecule has 1 aliphatic carbocycles. The van der Waals surface area contributed by atoms with Crippen LogP contribution in [0.5, 0.6) is 0 Å². The first-order valence-electron chi connectivity index (χ1n) is 6.40. The second-order valence-corrected chi connectivity index (χ2v) is 5.01. The molecular formula is C14H16N2O2. The number of fused-ring (bicyclic) bond motifs is 1. The third-order valence-corrected chi connectivity index (χ3v) is 3.72. The van der Waals surface area contributed by atoms with Gasteiger partial charge in [0, 0.05) is 6.04 Å². The molecule has 1 heterocycles. The zero-order chi connectivity index (χ0) is 12.7. The molecule has 1 aliphatic rings. The maximum atomic E-state index is 10.9. The molecule has 2 aromatic rings. The number of aromatic carboxylic acids is 1. The van der Waals surface area contributed by atoms with Crippen LogP contribution in [0.15, 0.2) is 24.5 Å². The number of carboxylic acid groups (broad SMARTS) is 1. The van der Waals surface area contributed by atoms with Crippen molar-refractivity contribution in [3.63, 3.8) is 0 Å². The first-order valence-corrected chi connectivity index (χ1v) is 6.40. The number of benzene rings is 1. The molecule has 1 fully saturated rings. The predicted molar refractivity (Wildman–Crippen MR) is 68.7 cm³/mol. The standard InChI is InChI=1S/C14H16N2O2/c1-2-3-9-7-13(9)16-8-15-11-6-10(14(17)18)4-5-12(11)16/h4-6,8-9,13H,2-3,7H2,1H3,(H,17,18). The van der Waals surface area contributed by atoms with Gasteiger partial charge >= 0.3 is 5.97 Å². The fraction of sp³-hybridized carbons (Fsp3) is 0.429. The molecule has 0 radical (unpaired) electrons. The van der Waals surface area contributed by atoms with Gasteiger partial charge in [-0.05, 0) is 37.0 Å². The van der Waals surface area contributed by atoms with E-state index in [-0.39, 0.29) is 0 Å². The van der Waals surface area contributed by atoms with E-state index >= 15 is 0 Å². The monoisotopic (exact) mass is 244 g/mol. The molecule has 2 unspecified atom stereocenters. The number of imidazole rings is 1. The fourth-order valence-corrected chi connectivity index (χ4v) is 2.68. The van der Waals surface area contributed by atoms with Crippen molar-refractivity contribution in [3.8, 4) is 0 Å². The van der Waals surface area contributed by atoms with Crippen molar-refractivity contribution in [1.29, 1.82) is 0 Å². The van der Waals surface area contributed by atoms with E-state index in [1.165, 1.54) is 19.3 Å². The lowest BCUT2D eigenvalue weighted by atomic mass is 10.2. The predicted octanol–water partition coefficient (Wildman–Crippen LogP) is 3.10. The van der Waals surface area contributed by atoms with Crippen LogP contribution in [-0.4, -0.2) is 20.6 Å². The van der Waals surface area contributed by atoms with Crippen LogP contribution >= 0.6 is 0 Å². The minimum absolute atomic E-state index is 0.300. The zero-order valence-corrected chi connectivity index (χ0v) is 10.3. The Kier molecular flexibility index (Phi) is 2.58. The molecule has 4 nitrogen and oxygen atoms in total. The van der Waals surface area contributed by atoms with Crippen molar-refractivity contribution >= 4 is 17.0 Å². The molecule has 1 N–H and O–H groups in total. The minimum Gasteiger partial charge on any atom is -0.478 e. The smallest absolute Gasteiger partial charge is 0.335 e. The molecule has 18 heavy (non-hydrogen) atoms. The van der Waals surface area contributed by atoms with Crippen molar-refractivity contribution in [3.05, 3.63) is 30.1 Å². The van der Waals surface area contributed by atoms with Crippen molar-refractivity contribution in [2.45, 2.75) is 32.2 Å². The van der Waals surface area contributed by atoms with Crippen LogP contribution in [0.25, 0.3) is 11.0 Å². The maximum Gasteiger partial charge on any atom is 0.335 e. The van der Waals surface area contributed by atoms with Crippen LogP contribution in [0.4, 0.5) is 0 Å². The van der Waals surface area contributed by atoms with Crippen LogP contribution in [0.1, 0.15) is 42.6 Å². The van der Waals surface area contributed by atoms with Gasteiger partial charge < -0.3 is 9.67 Å². The molecule has 1 aromatic heterocycles. The highest BCUT2D eigenvalue weighted by atomic mass is 16.4. The lowest BCUT2D eigenvalue weighted by Crippen LogP contribution is -1.97. The van der Waals surface area contributed by atoms with Crippen LogP contribution in [0, 0.1) is 5.92 Å². The highest BCUT2D eigenvalue weighted by molar-refractivity contribution is 5.92. The van der Waals surface area contributed by atoms with E-state index in [1.807, 2.05) is 12.4 Å². The Balaban J connectivity index is 1.94. The summed E-state index contributed by atoms with van der Waals surface area (Å²) >= 11 is 0. The van der Waals surface area contributed by atoms with Gasteiger partial charge in [0.1, 0.15) is 0 Å². The van der Waals surface area contributed by atoms with Crippen molar-refractivity contribution in [2.24, 2.45) is 5.92 Å². The summed E-state index contributed by atoms with van der Waals surface area (Å²) in [4.78, 5) is 15.2. The molecule has 2 atom stereocenters. The van der Waals surface area contributed by atoms with Gasteiger partial charge in [0.2, 0.25) is 0 Å². The van der Waals surface area contributed by atoms with E-state index in [0.717, 1.165) is 17.0 Å². The Bertz CT molecular complexity index is 603. The van der Waals surface area contributed by atoms with Gasteiger partial charge in [0.25, 0.3) is 0 Å². The third kappa shape index (κ3) is 1.78. The molecule has 0 bridgehead atoms. The lowest BCUT2D eigenvalue weighted by Gasteiger charge is -2.03. The van der Waals surface area contributed by atoms with Gasteiger partial charge in [-0.2, -0.15) is 0 Å². The number of hydrogen-bond donors (Lipinski definition) is 1. The normalized spacial score (nSPS) is 22.3. The summed E-state index contributed by atoms with van der Waals surface area (Å²) in [6, 6.07) is 5.73. The van der Waals surface area contributed by atoms with Gasteiger partial charge in [0.05, 0.1) is 22.9 Å². The van der Waals surface area contributed by atoms with E-state index in [9.17, 15) is 4.79 Å². The van der Waals surface area contributed by atoms with E-state index < -0.39 is 5.97 Å². The summed E-state index contributed by atoms with van der Waals surface area (Å²) in [5.74, 6) is -0.131. The molecule has 0 saturated heterocycles. The number of carbonyl (C=O) groups is 1. The van der Waals surface area contributed by atoms with Crippen LogP contribution in [0.3, 0.4) is 0 Å². The summed E-state index contributed by atoms with van der Waals surface area (Å²) in [5, 5.41) is 8.95. The summed E-state index contributed by atoms with van der Waals surface area (Å²) in [6.45, 7) is 2.21. The Morgan fingerprint density at radius 2 is 2.39 bits per heavy atom. The topological polar surface area (TPSA) is 55.1 Å². The molecular weight excluding hydrogens is 228 g/mol. The minimum atomic E-state index is -0.901. The molecule has 94 valence electrons. The quantitative estimate of drug-likeness (QED) is 0.899. The fourth-order valence-electron chi connectivity index (χ4n) is 2.68. The molecule has 4 heteroatoms. The van der Waals surface area contributed by atoms with E-state index in [2.05, 4.69) is 16.5 Å². The Morgan fingerprint density at radius 3 is 3.11 bits per heavy atom. The van der Waals surface area contributed by atoms with Gasteiger partial charge in [-0.15, -0.1) is 0 Å². The first kappa shape index (κ1) is 11.3. The molecule has 0 amide bonds. The average Bonchev–Trinajstić information content (AvgIpc) is 2.99. The first-order chi connectivity index (χ1) is 8.70. The number of aromatic nitrogens is 2. The summed E-state index contributed by atoms with van der Waals surface area (Å²) in [5.41, 5.74) is 2.12. The number of carboxylic acids is 1. The van der Waals surface area contributed by atoms with Crippen molar-refractivity contribution in [1.82, 2.24) is 9.55 Å². The number of hydrogen-bond acceptors (Lipinski definition) is 2. The van der Waals surface area contributed by atoms with Crippen molar-refractivity contribution in [2.75, 3.05) is 0 Å². The van der Waals surface area contributed by atoms with Gasteiger partial charge in [-0.3, -0.25) is 0 Å². The molecule has 1 saturated carbocycles. The zero-order valence-electron chi connectivity index (χ0n) is 10.3. The van der Waals surface area contributed by atoms with Gasteiger partial charge in [-0.25, -0.2) is 9.78 Å². The Hall–Kier alpha value is -1.84. The third-order valence-electron chi connectivity index (χ3n) is 3.72. The molecule has 0 aliphatic heterocycles. The van der Waals surface area contributed by atoms with Gasteiger partial charge in [-0.1, -0.05) is 13.3 Å². The van der Waals surface area contributed by atoms with Crippen LogP contribution in [0.2, 0.25) is 0 Å². The Labute approximate surface area is 105 Å². The summed E-state index contributed by atoms with van der Waals surface area (Å²) in [6.07, 6.45) is 5.55. The summed E-state index contributed by atoms with van der Waals surface area (Å²) in [7, 11) is 0. The maximum absolute atomic E-state index is 10.9. The van der Waals surface area contributed by atoms with Gasteiger partial charge in [0.15, 0.2) is 0 Å². The van der Waals surface area contributed by atoms with Crippen molar-refractivity contribution < 1.29 is 9.90 Å². The Morgan fingerprint density at radius 1 is 1.56 bits per heavy atom. The van der Waals surface area contributed by atoms with E-state index in [4.69, 9.17) is 5.11 Å². The second-order valence-electron chi connectivity index (χ2n) is 5.01. The van der Waals surface area contributed by atoms with Crippen LogP contribution < -0.4 is 0 Å². The molecule has 3 rings (SSSR count). The van der Waals surface area contributed by atoms with E-state index in [0.29, 0.717) is 11.6 Å². The summed E-state index contributed by atoms with van der Waals surface area (Å²) < 4.78 is 2.20. The largest absolute Gasteiger partial charge is 0.478 e. The second kappa shape index (κ2) is 4.12.